The number of carbonyl (C=O) groups excluding carboxylic acids is 3. The summed E-state index contributed by atoms with van der Waals surface area (Å²) < 4.78 is 10.0. The van der Waals surface area contributed by atoms with Crippen molar-refractivity contribution in [1.82, 2.24) is 10.4 Å². The lowest BCUT2D eigenvalue weighted by molar-refractivity contribution is -0.302. The van der Waals surface area contributed by atoms with Gasteiger partial charge in [-0.05, 0) is 40.5 Å². The number of hydrogen-bond acceptors (Lipinski definition) is 7. The molecule has 0 bridgehead atoms. The molecule has 1 amide bonds. The maximum Gasteiger partial charge on any atom is 0.349 e. The first kappa shape index (κ1) is 23.8. The van der Waals surface area contributed by atoms with Crippen molar-refractivity contribution < 1.29 is 28.7 Å². The van der Waals surface area contributed by atoms with Crippen LogP contribution in [0.3, 0.4) is 0 Å². The maximum atomic E-state index is 12.4. The van der Waals surface area contributed by atoms with Gasteiger partial charge in [0.15, 0.2) is 0 Å². The van der Waals surface area contributed by atoms with Crippen molar-refractivity contribution in [3.8, 4) is 0 Å². The summed E-state index contributed by atoms with van der Waals surface area (Å²) in [6.45, 7) is 16.0. The minimum atomic E-state index is -1.57. The van der Waals surface area contributed by atoms with Gasteiger partial charge in [-0.25, -0.2) is 9.59 Å². The number of carbonyl (C=O) groups is 3. The van der Waals surface area contributed by atoms with E-state index in [1.807, 2.05) is 27.7 Å². The molecule has 1 saturated heterocycles. The Balaban J connectivity index is 3.08. The van der Waals surface area contributed by atoms with Crippen LogP contribution in [0.25, 0.3) is 0 Å². The third-order valence-electron chi connectivity index (χ3n) is 4.32. The van der Waals surface area contributed by atoms with Crippen LogP contribution >= 0.6 is 0 Å². The van der Waals surface area contributed by atoms with E-state index in [9.17, 15) is 14.4 Å². The first-order valence-corrected chi connectivity index (χ1v) is 9.24. The van der Waals surface area contributed by atoms with E-state index in [0.29, 0.717) is 12.8 Å². The van der Waals surface area contributed by atoms with E-state index in [4.69, 9.17) is 14.3 Å². The van der Waals surface area contributed by atoms with Gasteiger partial charge in [0.2, 0.25) is 5.91 Å². The van der Waals surface area contributed by atoms with Gasteiger partial charge < -0.3 is 14.8 Å². The van der Waals surface area contributed by atoms with Crippen molar-refractivity contribution >= 4 is 17.8 Å². The zero-order valence-electron chi connectivity index (χ0n) is 17.4. The summed E-state index contributed by atoms with van der Waals surface area (Å²) in [6.07, 6.45) is 2.38. The molecule has 158 valence electrons. The highest BCUT2D eigenvalue weighted by Gasteiger charge is 2.49. The second-order valence-electron chi connectivity index (χ2n) is 8.05. The Morgan fingerprint density at radius 3 is 1.82 bits per heavy atom. The summed E-state index contributed by atoms with van der Waals surface area (Å²) >= 11 is 0. The van der Waals surface area contributed by atoms with Gasteiger partial charge in [-0.15, -0.1) is 0 Å². The molecule has 8 heteroatoms. The largest absolute Gasteiger partial charge is 0.459 e. The van der Waals surface area contributed by atoms with E-state index < -0.39 is 29.1 Å². The number of nitrogens with zero attached hydrogens (tertiary/aromatic N) is 1. The molecule has 0 spiro atoms. The minimum absolute atomic E-state index is 0.0508. The Morgan fingerprint density at radius 1 is 1.04 bits per heavy atom. The number of piperidine rings is 1. The lowest BCUT2D eigenvalue weighted by Gasteiger charge is -2.54. The first-order valence-electron chi connectivity index (χ1n) is 9.24. The zero-order valence-corrected chi connectivity index (χ0v) is 17.4. The Kier molecular flexibility index (Phi) is 8.38. The van der Waals surface area contributed by atoms with Gasteiger partial charge in [0.1, 0.15) is 13.2 Å². The summed E-state index contributed by atoms with van der Waals surface area (Å²) in [5.74, 6) is -1.82. The van der Waals surface area contributed by atoms with E-state index in [1.165, 1.54) is 19.1 Å². The average Bonchev–Trinajstić information content (AvgIpc) is 2.55. The molecule has 0 aromatic carbocycles. The van der Waals surface area contributed by atoms with E-state index in [-0.39, 0.29) is 25.2 Å². The molecule has 8 nitrogen and oxygen atoms in total. The van der Waals surface area contributed by atoms with Gasteiger partial charge in [-0.1, -0.05) is 25.3 Å². The number of rotatable bonds is 9. The van der Waals surface area contributed by atoms with Crippen molar-refractivity contribution in [3.63, 3.8) is 0 Å². The van der Waals surface area contributed by atoms with Crippen molar-refractivity contribution in [2.75, 3.05) is 13.2 Å². The van der Waals surface area contributed by atoms with Gasteiger partial charge in [0.05, 0.1) is 0 Å². The van der Waals surface area contributed by atoms with Gasteiger partial charge in [-0.2, -0.15) is 5.06 Å². The number of amides is 1. The van der Waals surface area contributed by atoms with Crippen LogP contribution in [0.2, 0.25) is 0 Å². The lowest BCUT2D eigenvalue weighted by Crippen LogP contribution is -2.65. The standard InChI is InChI=1S/C20H32N2O6/c1-8-10-26-17(24)16(18(25)27-11-9-2)28-22-19(4,5)12-15(21-14(3)23)13-20(22,6)7/h8-9,15-16H,1-2,10-13H2,3-7H3,(H,21,23). The molecule has 28 heavy (non-hydrogen) atoms. The van der Waals surface area contributed by atoms with E-state index in [2.05, 4.69) is 18.5 Å². The summed E-state index contributed by atoms with van der Waals surface area (Å²) in [7, 11) is 0. The first-order chi connectivity index (χ1) is 12.9. The molecule has 0 saturated carbocycles. The van der Waals surface area contributed by atoms with E-state index >= 15 is 0 Å². The fraction of sp³-hybridized carbons (Fsp3) is 0.650. The SMILES string of the molecule is C=CCOC(=O)C(ON1C(C)(C)CC(NC(C)=O)CC1(C)C)C(=O)OCC=C. The number of ether oxygens (including phenoxy) is 2. The van der Waals surface area contributed by atoms with Crippen LogP contribution in [0, 0.1) is 0 Å². The molecule has 0 unspecified atom stereocenters. The second-order valence-corrected chi connectivity index (χ2v) is 8.05. The molecule has 1 aliphatic heterocycles. The average molecular weight is 396 g/mol. The predicted octanol–water partition coefficient (Wildman–Crippen LogP) is 1.90. The second kappa shape index (κ2) is 9.84. The molecular weight excluding hydrogens is 364 g/mol. The summed E-state index contributed by atoms with van der Waals surface area (Å²) in [4.78, 5) is 42.2. The number of nitrogens with one attached hydrogen (secondary N) is 1. The van der Waals surface area contributed by atoms with Crippen LogP contribution in [-0.4, -0.2) is 59.3 Å². The Labute approximate surface area is 166 Å². The molecule has 0 atom stereocenters. The normalized spacial score (nSPS) is 18.9. The van der Waals surface area contributed by atoms with Crippen molar-refractivity contribution in [2.45, 2.75) is 70.7 Å². The summed E-state index contributed by atoms with van der Waals surface area (Å²) in [5.41, 5.74) is -1.16. The lowest BCUT2D eigenvalue weighted by atomic mass is 9.79. The monoisotopic (exact) mass is 396 g/mol. The van der Waals surface area contributed by atoms with Crippen LogP contribution in [-0.2, 0) is 28.7 Å². The van der Waals surface area contributed by atoms with E-state index in [0.717, 1.165) is 0 Å². The fourth-order valence-corrected chi connectivity index (χ4v) is 3.66. The maximum absolute atomic E-state index is 12.4. The fourth-order valence-electron chi connectivity index (χ4n) is 3.66. The van der Waals surface area contributed by atoms with Gasteiger partial charge in [-0.3, -0.25) is 9.63 Å². The van der Waals surface area contributed by atoms with E-state index in [1.54, 1.807) is 5.06 Å². The zero-order chi connectivity index (χ0) is 21.5. The molecule has 1 heterocycles. The molecule has 0 aliphatic carbocycles. The highest BCUT2D eigenvalue weighted by atomic mass is 16.7. The molecule has 1 rings (SSSR count). The third kappa shape index (κ3) is 6.45. The van der Waals surface area contributed by atoms with Crippen molar-refractivity contribution in [3.05, 3.63) is 25.3 Å². The molecule has 1 aliphatic rings. The molecule has 0 radical (unpaired) electrons. The Morgan fingerprint density at radius 2 is 1.46 bits per heavy atom. The van der Waals surface area contributed by atoms with Crippen LogP contribution in [0.15, 0.2) is 25.3 Å². The molecule has 1 fully saturated rings. The van der Waals surface area contributed by atoms with Crippen LogP contribution in [0.1, 0.15) is 47.5 Å². The highest BCUT2D eigenvalue weighted by molar-refractivity contribution is 5.98. The number of hydroxylamine groups is 2. The van der Waals surface area contributed by atoms with Crippen molar-refractivity contribution in [1.29, 1.82) is 0 Å². The molecule has 1 N–H and O–H groups in total. The number of esters is 2. The minimum Gasteiger partial charge on any atom is -0.459 e. The third-order valence-corrected chi connectivity index (χ3v) is 4.32. The smallest absolute Gasteiger partial charge is 0.349 e. The van der Waals surface area contributed by atoms with Crippen LogP contribution < -0.4 is 5.32 Å². The highest BCUT2D eigenvalue weighted by Crippen LogP contribution is 2.39. The van der Waals surface area contributed by atoms with Crippen LogP contribution in [0.4, 0.5) is 0 Å². The van der Waals surface area contributed by atoms with Gasteiger partial charge in [0, 0.05) is 24.0 Å². The topological polar surface area (TPSA) is 94.2 Å². The summed E-state index contributed by atoms with van der Waals surface area (Å²) in [6, 6.07) is -0.0544. The molecule has 0 aromatic rings. The molecule has 0 aromatic heterocycles. The number of hydrogen-bond donors (Lipinski definition) is 1. The Bertz CT molecular complexity index is 572. The Hall–Kier alpha value is -2.19. The van der Waals surface area contributed by atoms with Gasteiger partial charge >= 0.3 is 11.9 Å². The van der Waals surface area contributed by atoms with Gasteiger partial charge in [0.25, 0.3) is 6.10 Å². The molecular formula is C20H32N2O6. The summed E-state index contributed by atoms with van der Waals surface area (Å²) in [5, 5.41) is 4.57. The quantitative estimate of drug-likeness (QED) is 0.361. The predicted molar refractivity (Wildman–Crippen MR) is 104 cm³/mol. The van der Waals surface area contributed by atoms with Crippen molar-refractivity contribution in [2.24, 2.45) is 0 Å². The van der Waals surface area contributed by atoms with Crippen LogP contribution in [0.5, 0.6) is 0 Å².